The summed E-state index contributed by atoms with van der Waals surface area (Å²) in [5.41, 5.74) is 0.474. The van der Waals surface area contributed by atoms with Crippen LogP contribution < -0.4 is 5.32 Å². The summed E-state index contributed by atoms with van der Waals surface area (Å²) in [7, 11) is 0. The van der Waals surface area contributed by atoms with E-state index < -0.39 is 17.6 Å². The number of halogens is 4. The Labute approximate surface area is 118 Å². The summed E-state index contributed by atoms with van der Waals surface area (Å²) >= 11 is 0. The number of hydrogen-bond acceptors (Lipinski definition) is 2. The molecule has 0 saturated carbocycles. The molecule has 2 rings (SSSR count). The van der Waals surface area contributed by atoms with Crippen molar-refractivity contribution in [3.05, 3.63) is 65.0 Å². The fourth-order valence-electron chi connectivity index (χ4n) is 1.80. The molecule has 108 valence electrons. The van der Waals surface area contributed by atoms with Crippen molar-refractivity contribution in [3.63, 3.8) is 0 Å². The quantitative estimate of drug-likeness (QED) is 0.855. The Morgan fingerprint density at radius 1 is 1.05 bits per heavy atom. The zero-order valence-electron chi connectivity index (χ0n) is 10.7. The number of nitriles is 1. The SMILES string of the molecule is N#Cc1cc(F)cc(CNc2ccc(C(F)(F)F)cc2)c1. The Hall–Kier alpha value is -2.55. The van der Waals surface area contributed by atoms with Gasteiger partial charge >= 0.3 is 6.18 Å². The van der Waals surface area contributed by atoms with Crippen LogP contribution in [0.15, 0.2) is 42.5 Å². The first-order valence-electron chi connectivity index (χ1n) is 5.99. The van der Waals surface area contributed by atoms with Crippen molar-refractivity contribution in [2.24, 2.45) is 0 Å². The fourth-order valence-corrected chi connectivity index (χ4v) is 1.80. The molecule has 2 aromatic carbocycles. The second kappa shape index (κ2) is 5.83. The van der Waals surface area contributed by atoms with E-state index >= 15 is 0 Å². The molecule has 0 bridgehead atoms. The number of nitrogens with one attached hydrogen (secondary N) is 1. The number of alkyl halides is 3. The Morgan fingerprint density at radius 2 is 1.71 bits per heavy atom. The number of benzene rings is 2. The molecule has 21 heavy (non-hydrogen) atoms. The lowest BCUT2D eigenvalue weighted by molar-refractivity contribution is -0.137. The van der Waals surface area contributed by atoms with Gasteiger partial charge in [-0.15, -0.1) is 0 Å². The summed E-state index contributed by atoms with van der Waals surface area (Å²) in [5.74, 6) is -0.529. The van der Waals surface area contributed by atoms with Gasteiger partial charge in [0.15, 0.2) is 0 Å². The minimum absolute atomic E-state index is 0.194. The first kappa shape index (κ1) is 14.9. The lowest BCUT2D eigenvalue weighted by atomic mass is 10.1. The standard InChI is InChI=1S/C15H10F4N2/c16-13-6-10(8-20)5-11(7-13)9-21-14-3-1-12(2-4-14)15(17,18)19/h1-7,21H,9H2. The topological polar surface area (TPSA) is 35.8 Å². The second-order valence-corrected chi connectivity index (χ2v) is 4.39. The highest BCUT2D eigenvalue weighted by Crippen LogP contribution is 2.29. The van der Waals surface area contributed by atoms with Gasteiger partial charge < -0.3 is 5.32 Å². The molecule has 0 fully saturated rings. The molecule has 0 amide bonds. The maximum Gasteiger partial charge on any atom is 0.416 e. The van der Waals surface area contributed by atoms with Crippen LogP contribution in [0.25, 0.3) is 0 Å². The minimum atomic E-state index is -4.37. The van der Waals surface area contributed by atoms with Gasteiger partial charge in [-0.25, -0.2) is 4.39 Å². The Morgan fingerprint density at radius 3 is 2.29 bits per heavy atom. The Balaban J connectivity index is 2.07. The number of anilines is 1. The van der Waals surface area contributed by atoms with Crippen molar-refractivity contribution in [3.8, 4) is 6.07 Å². The van der Waals surface area contributed by atoms with Crippen LogP contribution in [0.2, 0.25) is 0 Å². The molecule has 0 spiro atoms. The lowest BCUT2D eigenvalue weighted by Gasteiger charge is -2.10. The number of rotatable bonds is 3. The molecule has 0 heterocycles. The molecular weight excluding hydrogens is 284 g/mol. The van der Waals surface area contributed by atoms with E-state index in [0.717, 1.165) is 18.2 Å². The van der Waals surface area contributed by atoms with Crippen LogP contribution in [-0.4, -0.2) is 0 Å². The third kappa shape index (κ3) is 3.96. The van der Waals surface area contributed by atoms with Gasteiger partial charge in [-0.05, 0) is 48.0 Å². The fraction of sp³-hybridized carbons (Fsp3) is 0.133. The van der Waals surface area contributed by atoms with E-state index in [-0.39, 0.29) is 12.1 Å². The molecule has 2 nitrogen and oxygen atoms in total. The van der Waals surface area contributed by atoms with Gasteiger partial charge in [-0.2, -0.15) is 18.4 Å². The predicted molar refractivity (Wildman–Crippen MR) is 69.9 cm³/mol. The second-order valence-electron chi connectivity index (χ2n) is 4.39. The average Bonchev–Trinajstić information content (AvgIpc) is 2.44. The molecule has 2 aromatic rings. The maximum absolute atomic E-state index is 13.2. The molecule has 1 N–H and O–H groups in total. The van der Waals surface area contributed by atoms with Gasteiger partial charge in [0.1, 0.15) is 5.82 Å². The molecule has 0 aliphatic heterocycles. The summed E-state index contributed by atoms with van der Waals surface area (Å²) < 4.78 is 50.4. The minimum Gasteiger partial charge on any atom is -0.381 e. The van der Waals surface area contributed by atoms with Gasteiger partial charge in [0.2, 0.25) is 0 Å². The van der Waals surface area contributed by atoms with Gasteiger partial charge in [0, 0.05) is 12.2 Å². The van der Waals surface area contributed by atoms with Crippen molar-refractivity contribution < 1.29 is 17.6 Å². The van der Waals surface area contributed by atoms with Crippen LogP contribution in [0.5, 0.6) is 0 Å². The highest BCUT2D eigenvalue weighted by molar-refractivity contribution is 5.46. The number of hydrogen-bond donors (Lipinski definition) is 1. The highest BCUT2D eigenvalue weighted by Gasteiger charge is 2.29. The van der Waals surface area contributed by atoms with Crippen LogP contribution in [-0.2, 0) is 12.7 Å². The zero-order valence-corrected chi connectivity index (χ0v) is 10.7. The van der Waals surface area contributed by atoms with Gasteiger partial charge in [0.25, 0.3) is 0 Å². The molecule has 0 atom stereocenters. The summed E-state index contributed by atoms with van der Waals surface area (Å²) in [6.07, 6.45) is -4.37. The van der Waals surface area contributed by atoms with Crippen molar-refractivity contribution in [2.45, 2.75) is 12.7 Å². The van der Waals surface area contributed by atoms with Crippen LogP contribution in [0.1, 0.15) is 16.7 Å². The third-order valence-electron chi connectivity index (χ3n) is 2.80. The molecule has 0 aliphatic carbocycles. The number of nitrogens with zero attached hydrogens (tertiary/aromatic N) is 1. The largest absolute Gasteiger partial charge is 0.416 e. The molecular formula is C15H10F4N2. The molecule has 6 heteroatoms. The average molecular weight is 294 g/mol. The summed E-state index contributed by atoms with van der Waals surface area (Å²) in [4.78, 5) is 0. The zero-order chi connectivity index (χ0) is 15.5. The first-order valence-corrected chi connectivity index (χ1v) is 5.99. The van der Waals surface area contributed by atoms with E-state index in [1.54, 1.807) is 0 Å². The summed E-state index contributed by atoms with van der Waals surface area (Å²) in [5, 5.41) is 11.6. The van der Waals surface area contributed by atoms with Gasteiger partial charge in [-0.1, -0.05) is 0 Å². The van der Waals surface area contributed by atoms with E-state index in [2.05, 4.69) is 5.32 Å². The van der Waals surface area contributed by atoms with E-state index in [9.17, 15) is 17.6 Å². The van der Waals surface area contributed by atoms with E-state index in [0.29, 0.717) is 11.3 Å². The monoisotopic (exact) mass is 294 g/mol. The van der Waals surface area contributed by atoms with Gasteiger partial charge in [-0.3, -0.25) is 0 Å². The smallest absolute Gasteiger partial charge is 0.381 e. The maximum atomic E-state index is 13.2. The van der Waals surface area contributed by atoms with E-state index in [4.69, 9.17) is 5.26 Å². The third-order valence-corrected chi connectivity index (χ3v) is 2.80. The lowest BCUT2D eigenvalue weighted by Crippen LogP contribution is -2.05. The van der Waals surface area contributed by atoms with Crippen molar-refractivity contribution in [1.29, 1.82) is 5.26 Å². The summed E-state index contributed by atoms with van der Waals surface area (Å²) in [6, 6.07) is 10.3. The molecule has 0 aliphatic rings. The van der Waals surface area contributed by atoms with Crippen LogP contribution in [0.4, 0.5) is 23.2 Å². The van der Waals surface area contributed by atoms with Crippen molar-refractivity contribution in [2.75, 3.05) is 5.32 Å². The van der Waals surface area contributed by atoms with E-state index in [1.807, 2.05) is 6.07 Å². The normalized spacial score (nSPS) is 11.0. The van der Waals surface area contributed by atoms with Crippen LogP contribution in [0, 0.1) is 17.1 Å². The molecule has 0 aromatic heterocycles. The molecule has 0 unspecified atom stereocenters. The van der Waals surface area contributed by atoms with Crippen LogP contribution in [0.3, 0.4) is 0 Å². The summed E-state index contributed by atoms with van der Waals surface area (Å²) in [6.45, 7) is 0.206. The van der Waals surface area contributed by atoms with Gasteiger partial charge in [0.05, 0.1) is 17.2 Å². The highest BCUT2D eigenvalue weighted by atomic mass is 19.4. The van der Waals surface area contributed by atoms with Crippen molar-refractivity contribution in [1.82, 2.24) is 0 Å². The van der Waals surface area contributed by atoms with Crippen molar-refractivity contribution >= 4 is 5.69 Å². The Bertz CT molecular complexity index is 670. The predicted octanol–water partition coefficient (Wildman–Crippen LogP) is 4.33. The first-order chi connectivity index (χ1) is 9.88. The van der Waals surface area contributed by atoms with E-state index in [1.165, 1.54) is 24.3 Å². The molecule has 0 saturated heterocycles. The Kier molecular flexibility index (Phi) is 4.13. The van der Waals surface area contributed by atoms with Crippen LogP contribution >= 0.6 is 0 Å². The molecule has 0 radical (unpaired) electrons.